The molecule has 0 unspecified atom stereocenters. The summed E-state index contributed by atoms with van der Waals surface area (Å²) in [7, 11) is 0. The molecule has 3 aliphatic carbocycles. The molecule has 0 aromatic rings. The number of ketones is 1. The van der Waals surface area contributed by atoms with E-state index in [2.05, 4.69) is 27.4 Å². The maximum atomic E-state index is 12.2. The Bertz CT molecular complexity index is 379. The van der Waals surface area contributed by atoms with Gasteiger partial charge in [-0.3, -0.25) is 4.79 Å². The second kappa shape index (κ2) is 2.80. The van der Waals surface area contributed by atoms with E-state index in [4.69, 9.17) is 0 Å². The average Bonchev–Trinajstić information content (AvgIpc) is 2.52. The monoisotopic (exact) mass is 218 g/mol. The minimum Gasteiger partial charge on any atom is -0.299 e. The number of rotatable bonds is 0. The Morgan fingerprint density at radius 1 is 1.31 bits per heavy atom. The van der Waals surface area contributed by atoms with Crippen LogP contribution in [0.25, 0.3) is 0 Å². The van der Waals surface area contributed by atoms with Gasteiger partial charge < -0.3 is 0 Å². The van der Waals surface area contributed by atoms with Gasteiger partial charge in [0.05, 0.1) is 0 Å². The van der Waals surface area contributed by atoms with Crippen molar-refractivity contribution < 1.29 is 4.79 Å². The van der Waals surface area contributed by atoms with Crippen molar-refractivity contribution >= 4 is 5.78 Å². The van der Waals surface area contributed by atoms with Crippen molar-refractivity contribution in [3.05, 3.63) is 12.2 Å². The third-order valence-corrected chi connectivity index (χ3v) is 5.89. The second-order valence-corrected chi connectivity index (χ2v) is 7.01. The molecule has 3 rings (SSSR count). The van der Waals surface area contributed by atoms with Crippen LogP contribution in [0.3, 0.4) is 0 Å². The molecule has 0 saturated heterocycles. The Kier molecular flexibility index (Phi) is 1.85. The van der Waals surface area contributed by atoms with Gasteiger partial charge in [0.2, 0.25) is 0 Å². The lowest BCUT2D eigenvalue weighted by atomic mass is 9.62. The van der Waals surface area contributed by atoms with E-state index in [9.17, 15) is 4.79 Å². The molecule has 0 aromatic carbocycles. The van der Waals surface area contributed by atoms with Gasteiger partial charge in [0, 0.05) is 17.8 Å². The molecule has 3 fully saturated rings. The molecule has 2 bridgehead atoms. The zero-order chi connectivity index (χ0) is 11.7. The van der Waals surface area contributed by atoms with Crippen LogP contribution in [-0.4, -0.2) is 5.78 Å². The summed E-state index contributed by atoms with van der Waals surface area (Å²) in [6.45, 7) is 11.3. The van der Waals surface area contributed by atoms with E-state index in [1.165, 1.54) is 24.8 Å². The lowest BCUT2D eigenvalue weighted by molar-refractivity contribution is -0.125. The molecule has 1 nitrogen and oxygen atoms in total. The van der Waals surface area contributed by atoms with E-state index in [1.54, 1.807) is 0 Å². The number of allylic oxidation sites excluding steroid dienone is 1. The largest absolute Gasteiger partial charge is 0.299 e. The summed E-state index contributed by atoms with van der Waals surface area (Å²) >= 11 is 0. The van der Waals surface area contributed by atoms with Crippen molar-refractivity contribution in [1.82, 2.24) is 0 Å². The lowest BCUT2D eigenvalue weighted by Crippen LogP contribution is -2.38. The quantitative estimate of drug-likeness (QED) is 0.568. The first-order chi connectivity index (χ1) is 7.39. The van der Waals surface area contributed by atoms with Crippen molar-refractivity contribution in [3.8, 4) is 0 Å². The maximum Gasteiger partial charge on any atom is 0.141 e. The van der Waals surface area contributed by atoms with Crippen molar-refractivity contribution in [2.75, 3.05) is 0 Å². The standard InChI is InChI=1S/C15H22O/c1-9-5-6-11-13-12(16)7-10(2)15(9,13)8-14(11,3)4/h9,11,13H,2,5-8H2,1,3-4H3/t9-,11-,13+,15+/m0/s1. The van der Waals surface area contributed by atoms with Gasteiger partial charge in [-0.05, 0) is 36.5 Å². The van der Waals surface area contributed by atoms with Crippen molar-refractivity contribution in [3.63, 3.8) is 0 Å². The molecule has 88 valence electrons. The van der Waals surface area contributed by atoms with E-state index in [0.29, 0.717) is 35.4 Å². The highest BCUT2D eigenvalue weighted by Crippen LogP contribution is 2.71. The molecule has 1 heteroatoms. The Morgan fingerprint density at radius 2 is 2.00 bits per heavy atom. The topological polar surface area (TPSA) is 17.1 Å². The van der Waals surface area contributed by atoms with Crippen LogP contribution < -0.4 is 0 Å². The summed E-state index contributed by atoms with van der Waals surface area (Å²) in [5, 5.41) is 0. The Hall–Kier alpha value is -0.590. The van der Waals surface area contributed by atoms with Gasteiger partial charge in [0.1, 0.15) is 5.78 Å². The third-order valence-electron chi connectivity index (χ3n) is 5.89. The van der Waals surface area contributed by atoms with Crippen molar-refractivity contribution in [2.24, 2.45) is 28.6 Å². The molecule has 0 amide bonds. The van der Waals surface area contributed by atoms with E-state index in [0.717, 1.165) is 0 Å². The molecule has 0 N–H and O–H groups in total. The van der Waals surface area contributed by atoms with Crippen molar-refractivity contribution in [2.45, 2.75) is 46.5 Å². The zero-order valence-electron chi connectivity index (χ0n) is 10.7. The molecular weight excluding hydrogens is 196 g/mol. The molecule has 0 aromatic heterocycles. The first-order valence-corrected chi connectivity index (χ1v) is 6.60. The van der Waals surface area contributed by atoms with E-state index in [1.807, 2.05) is 0 Å². The fourth-order valence-electron chi connectivity index (χ4n) is 5.22. The molecule has 3 saturated carbocycles. The predicted molar refractivity (Wildman–Crippen MR) is 65.0 cm³/mol. The molecule has 0 aliphatic heterocycles. The number of hydrogen-bond acceptors (Lipinski definition) is 1. The lowest BCUT2D eigenvalue weighted by Gasteiger charge is -2.41. The fraction of sp³-hybridized carbons (Fsp3) is 0.800. The normalized spacial score (nSPS) is 49.6. The highest BCUT2D eigenvalue weighted by atomic mass is 16.1. The molecule has 0 heterocycles. The second-order valence-electron chi connectivity index (χ2n) is 7.01. The van der Waals surface area contributed by atoms with Gasteiger partial charge in [-0.1, -0.05) is 32.9 Å². The third kappa shape index (κ3) is 0.959. The minimum absolute atomic E-state index is 0.184. The van der Waals surface area contributed by atoms with Crippen LogP contribution >= 0.6 is 0 Å². The van der Waals surface area contributed by atoms with E-state index < -0.39 is 0 Å². The molecular formula is C15H22O. The minimum atomic E-state index is 0.184. The van der Waals surface area contributed by atoms with Gasteiger partial charge in [-0.15, -0.1) is 0 Å². The van der Waals surface area contributed by atoms with Gasteiger partial charge in [0.15, 0.2) is 0 Å². The molecule has 4 atom stereocenters. The fourth-order valence-corrected chi connectivity index (χ4v) is 5.22. The van der Waals surface area contributed by atoms with Crippen LogP contribution in [0.1, 0.15) is 46.5 Å². The highest BCUT2D eigenvalue weighted by Gasteiger charge is 2.67. The van der Waals surface area contributed by atoms with Crippen LogP contribution in [0.2, 0.25) is 0 Å². The first-order valence-electron chi connectivity index (χ1n) is 6.60. The number of carbonyl (C=O) groups is 1. The zero-order valence-corrected chi connectivity index (χ0v) is 10.7. The highest BCUT2D eigenvalue weighted by molar-refractivity contribution is 5.89. The van der Waals surface area contributed by atoms with Crippen LogP contribution in [0.15, 0.2) is 12.2 Å². The summed E-state index contributed by atoms with van der Waals surface area (Å²) in [4.78, 5) is 12.2. The number of hydrogen-bond donors (Lipinski definition) is 0. The smallest absolute Gasteiger partial charge is 0.141 e. The summed E-state index contributed by atoms with van der Waals surface area (Å²) in [6, 6.07) is 0. The average molecular weight is 218 g/mol. The summed E-state index contributed by atoms with van der Waals surface area (Å²) in [6.07, 6.45) is 4.40. The van der Waals surface area contributed by atoms with Crippen LogP contribution in [0.4, 0.5) is 0 Å². The van der Waals surface area contributed by atoms with Gasteiger partial charge >= 0.3 is 0 Å². The van der Waals surface area contributed by atoms with Gasteiger partial charge in [-0.25, -0.2) is 0 Å². The van der Waals surface area contributed by atoms with Crippen LogP contribution in [-0.2, 0) is 4.79 Å². The SMILES string of the molecule is C=C1CC(=O)[C@H]2[C@@H]3CC[C@H](C)[C@]12CC3(C)C. The van der Waals surface area contributed by atoms with Crippen LogP contribution in [0.5, 0.6) is 0 Å². The summed E-state index contributed by atoms with van der Waals surface area (Å²) in [5.74, 6) is 2.09. The molecule has 0 radical (unpaired) electrons. The number of carbonyl (C=O) groups excluding carboxylic acids is 1. The molecule has 0 spiro atoms. The summed E-state index contributed by atoms with van der Waals surface area (Å²) in [5.41, 5.74) is 1.78. The first kappa shape index (κ1) is 10.6. The molecule has 3 aliphatic rings. The Labute approximate surface area is 98.3 Å². The van der Waals surface area contributed by atoms with Crippen LogP contribution in [0, 0.1) is 28.6 Å². The maximum absolute atomic E-state index is 12.2. The van der Waals surface area contributed by atoms with Gasteiger partial charge in [-0.2, -0.15) is 0 Å². The predicted octanol–water partition coefficient (Wildman–Crippen LogP) is 3.59. The van der Waals surface area contributed by atoms with Crippen molar-refractivity contribution in [1.29, 1.82) is 0 Å². The summed E-state index contributed by atoms with van der Waals surface area (Å²) < 4.78 is 0. The Balaban J connectivity index is 2.17. The Morgan fingerprint density at radius 3 is 2.62 bits per heavy atom. The number of Topliss-reactive ketones (excluding diaryl/α,β-unsaturated/α-hetero) is 1. The van der Waals surface area contributed by atoms with E-state index >= 15 is 0 Å². The molecule has 16 heavy (non-hydrogen) atoms. The van der Waals surface area contributed by atoms with E-state index in [-0.39, 0.29) is 5.41 Å². The van der Waals surface area contributed by atoms with Gasteiger partial charge in [0.25, 0.3) is 0 Å².